The Balaban J connectivity index is 1.62. The molecule has 0 atom stereocenters. The molecule has 140 valence electrons. The van der Waals surface area contributed by atoms with E-state index in [2.05, 4.69) is 20.6 Å². The molecular weight excluding hydrogens is 343 g/mol. The first-order chi connectivity index (χ1) is 13.2. The van der Waals surface area contributed by atoms with E-state index < -0.39 is 0 Å². The number of benzene rings is 2. The summed E-state index contributed by atoms with van der Waals surface area (Å²) in [7, 11) is 0. The number of aromatic nitrogens is 1. The summed E-state index contributed by atoms with van der Waals surface area (Å²) in [6.07, 6.45) is 1.64. The van der Waals surface area contributed by atoms with Gasteiger partial charge in [-0.25, -0.2) is 14.4 Å². The number of oxazole rings is 1. The SMILES string of the molecule is CCNC(=NCc1ccc(F)c(C)c1)NCc1coc(-c2ccccc2)n1. The lowest BCUT2D eigenvalue weighted by molar-refractivity contribution is 0.572. The Morgan fingerprint density at radius 1 is 1.15 bits per heavy atom. The van der Waals surface area contributed by atoms with Crippen molar-refractivity contribution in [2.45, 2.75) is 26.9 Å². The smallest absolute Gasteiger partial charge is 0.226 e. The van der Waals surface area contributed by atoms with Crippen LogP contribution in [0, 0.1) is 12.7 Å². The van der Waals surface area contributed by atoms with Crippen molar-refractivity contribution in [1.29, 1.82) is 0 Å². The molecule has 0 aliphatic heterocycles. The Morgan fingerprint density at radius 3 is 2.70 bits per heavy atom. The minimum atomic E-state index is -0.201. The van der Waals surface area contributed by atoms with Crippen LogP contribution in [0.2, 0.25) is 0 Å². The van der Waals surface area contributed by atoms with Gasteiger partial charge in [0.2, 0.25) is 5.89 Å². The maximum atomic E-state index is 13.4. The maximum Gasteiger partial charge on any atom is 0.226 e. The quantitative estimate of drug-likeness (QED) is 0.510. The molecule has 0 radical (unpaired) electrons. The van der Waals surface area contributed by atoms with E-state index in [0.717, 1.165) is 23.4 Å². The number of hydrogen-bond donors (Lipinski definition) is 2. The van der Waals surface area contributed by atoms with Gasteiger partial charge in [-0.3, -0.25) is 0 Å². The molecule has 1 aromatic heterocycles. The Labute approximate surface area is 158 Å². The summed E-state index contributed by atoms with van der Waals surface area (Å²) >= 11 is 0. The Kier molecular flexibility index (Phi) is 6.20. The van der Waals surface area contributed by atoms with Crippen molar-refractivity contribution in [2.75, 3.05) is 6.54 Å². The van der Waals surface area contributed by atoms with E-state index in [1.165, 1.54) is 6.07 Å². The fraction of sp³-hybridized carbons (Fsp3) is 0.238. The lowest BCUT2D eigenvalue weighted by atomic mass is 10.1. The highest BCUT2D eigenvalue weighted by molar-refractivity contribution is 5.79. The Hall–Kier alpha value is -3.15. The third-order valence-electron chi connectivity index (χ3n) is 4.00. The van der Waals surface area contributed by atoms with Gasteiger partial charge in [0.05, 0.1) is 18.8 Å². The normalized spacial score (nSPS) is 11.4. The van der Waals surface area contributed by atoms with Crippen molar-refractivity contribution in [3.05, 3.63) is 77.4 Å². The van der Waals surface area contributed by atoms with Gasteiger partial charge in [0.15, 0.2) is 5.96 Å². The van der Waals surface area contributed by atoms with Crippen molar-refractivity contribution >= 4 is 5.96 Å². The van der Waals surface area contributed by atoms with Crippen molar-refractivity contribution in [1.82, 2.24) is 15.6 Å². The second-order valence-corrected chi connectivity index (χ2v) is 6.14. The second-order valence-electron chi connectivity index (χ2n) is 6.14. The number of aryl methyl sites for hydroxylation is 1. The molecule has 6 heteroatoms. The van der Waals surface area contributed by atoms with E-state index in [1.807, 2.05) is 43.3 Å². The molecule has 1 heterocycles. The number of hydrogen-bond acceptors (Lipinski definition) is 3. The highest BCUT2D eigenvalue weighted by Crippen LogP contribution is 2.17. The molecule has 2 N–H and O–H groups in total. The molecule has 0 unspecified atom stereocenters. The number of halogens is 1. The van der Waals surface area contributed by atoms with Crippen molar-refractivity contribution in [2.24, 2.45) is 4.99 Å². The molecule has 2 aromatic carbocycles. The molecule has 0 aliphatic carbocycles. The van der Waals surface area contributed by atoms with E-state index in [4.69, 9.17) is 4.42 Å². The molecule has 3 rings (SSSR count). The molecule has 0 saturated carbocycles. The van der Waals surface area contributed by atoms with Gasteiger partial charge >= 0.3 is 0 Å². The second kappa shape index (κ2) is 8.98. The molecule has 0 bridgehead atoms. The van der Waals surface area contributed by atoms with Gasteiger partial charge in [-0.2, -0.15) is 0 Å². The minimum Gasteiger partial charge on any atom is -0.444 e. The number of nitrogens with one attached hydrogen (secondary N) is 2. The molecule has 5 nitrogen and oxygen atoms in total. The monoisotopic (exact) mass is 366 g/mol. The number of guanidine groups is 1. The topological polar surface area (TPSA) is 62.5 Å². The number of aliphatic imine (C=N–C) groups is 1. The summed E-state index contributed by atoms with van der Waals surface area (Å²) < 4.78 is 18.9. The highest BCUT2D eigenvalue weighted by atomic mass is 19.1. The van der Waals surface area contributed by atoms with Gasteiger partial charge in [0, 0.05) is 12.1 Å². The largest absolute Gasteiger partial charge is 0.444 e. The summed E-state index contributed by atoms with van der Waals surface area (Å²) in [6, 6.07) is 14.8. The molecule has 0 amide bonds. The van der Waals surface area contributed by atoms with E-state index in [0.29, 0.717) is 30.5 Å². The van der Waals surface area contributed by atoms with Crippen molar-refractivity contribution in [3.8, 4) is 11.5 Å². The molecule has 0 aliphatic rings. The van der Waals surface area contributed by atoms with Crippen LogP contribution in [-0.2, 0) is 13.1 Å². The zero-order valence-corrected chi connectivity index (χ0v) is 15.5. The number of nitrogens with zero attached hydrogens (tertiary/aromatic N) is 2. The molecule has 0 fully saturated rings. The summed E-state index contributed by atoms with van der Waals surface area (Å²) in [5.41, 5.74) is 3.31. The third-order valence-corrected chi connectivity index (χ3v) is 4.00. The van der Waals surface area contributed by atoms with Crippen molar-refractivity contribution < 1.29 is 8.81 Å². The van der Waals surface area contributed by atoms with Crippen LogP contribution in [0.4, 0.5) is 4.39 Å². The predicted molar refractivity (Wildman–Crippen MR) is 105 cm³/mol. The van der Waals surface area contributed by atoms with E-state index in [1.54, 1.807) is 19.3 Å². The van der Waals surface area contributed by atoms with E-state index in [9.17, 15) is 4.39 Å². The minimum absolute atomic E-state index is 0.201. The van der Waals surface area contributed by atoms with Gasteiger partial charge in [-0.05, 0) is 43.2 Å². The van der Waals surface area contributed by atoms with E-state index in [-0.39, 0.29) is 5.82 Å². The van der Waals surface area contributed by atoms with E-state index >= 15 is 0 Å². The van der Waals surface area contributed by atoms with Gasteiger partial charge in [-0.15, -0.1) is 0 Å². The van der Waals surface area contributed by atoms with Crippen LogP contribution < -0.4 is 10.6 Å². The van der Waals surface area contributed by atoms with Gasteiger partial charge in [0.25, 0.3) is 0 Å². The average Bonchev–Trinajstić information content (AvgIpc) is 3.16. The first-order valence-corrected chi connectivity index (χ1v) is 8.92. The lowest BCUT2D eigenvalue weighted by Gasteiger charge is -2.10. The van der Waals surface area contributed by atoms with Gasteiger partial charge in [0.1, 0.15) is 12.1 Å². The summed E-state index contributed by atoms with van der Waals surface area (Å²) in [4.78, 5) is 9.05. The average molecular weight is 366 g/mol. The van der Waals surface area contributed by atoms with Crippen LogP contribution in [0.1, 0.15) is 23.7 Å². The predicted octanol–water partition coefficient (Wildman–Crippen LogP) is 4.04. The highest BCUT2D eigenvalue weighted by Gasteiger charge is 2.07. The molecule has 27 heavy (non-hydrogen) atoms. The van der Waals surface area contributed by atoms with Crippen molar-refractivity contribution in [3.63, 3.8) is 0 Å². The summed E-state index contributed by atoms with van der Waals surface area (Å²) in [5, 5.41) is 6.43. The van der Waals surface area contributed by atoms with Gasteiger partial charge in [-0.1, -0.05) is 30.3 Å². The molecule has 3 aromatic rings. The van der Waals surface area contributed by atoms with Crippen LogP contribution in [0.3, 0.4) is 0 Å². The van der Waals surface area contributed by atoms with Crippen LogP contribution >= 0.6 is 0 Å². The van der Waals surface area contributed by atoms with Crippen LogP contribution in [0.5, 0.6) is 0 Å². The zero-order valence-electron chi connectivity index (χ0n) is 15.5. The molecule has 0 spiro atoms. The first-order valence-electron chi connectivity index (χ1n) is 8.92. The first kappa shape index (κ1) is 18.6. The van der Waals surface area contributed by atoms with Crippen LogP contribution in [0.15, 0.2) is 64.2 Å². The summed E-state index contributed by atoms with van der Waals surface area (Å²) in [5.74, 6) is 1.06. The third kappa shape index (κ3) is 5.17. The fourth-order valence-corrected chi connectivity index (χ4v) is 2.59. The standard InChI is InChI=1S/C21H23FN4O/c1-3-23-21(24-12-16-9-10-19(22)15(2)11-16)25-13-18-14-27-20(26-18)17-7-5-4-6-8-17/h4-11,14H,3,12-13H2,1-2H3,(H2,23,24,25). The van der Waals surface area contributed by atoms with Crippen LogP contribution in [0.25, 0.3) is 11.5 Å². The Bertz CT molecular complexity index is 906. The lowest BCUT2D eigenvalue weighted by Crippen LogP contribution is -2.36. The van der Waals surface area contributed by atoms with Gasteiger partial charge < -0.3 is 15.1 Å². The number of rotatable bonds is 6. The zero-order chi connectivity index (χ0) is 19.1. The van der Waals surface area contributed by atoms with Crippen LogP contribution in [-0.4, -0.2) is 17.5 Å². The Morgan fingerprint density at radius 2 is 1.96 bits per heavy atom. The fourth-order valence-electron chi connectivity index (χ4n) is 2.59. The molecule has 0 saturated heterocycles. The maximum absolute atomic E-state index is 13.4. The summed E-state index contributed by atoms with van der Waals surface area (Å²) in [6.45, 7) is 5.45. The molecular formula is C21H23FN4O.